The molecule has 1 aromatic carbocycles. The maximum absolute atomic E-state index is 12.2. The summed E-state index contributed by atoms with van der Waals surface area (Å²) in [6.07, 6.45) is 2.00. The fourth-order valence-corrected chi connectivity index (χ4v) is 2.04. The average molecular weight is 287 g/mol. The molecule has 2 N–H and O–H groups in total. The van der Waals surface area contributed by atoms with Crippen molar-refractivity contribution in [2.45, 2.75) is 18.9 Å². The molecule has 0 saturated carbocycles. The van der Waals surface area contributed by atoms with Crippen molar-refractivity contribution >= 4 is 11.9 Å². The van der Waals surface area contributed by atoms with Crippen LogP contribution < -0.4 is 5.32 Å². The Morgan fingerprint density at radius 3 is 2.57 bits per heavy atom. The lowest BCUT2D eigenvalue weighted by Gasteiger charge is -2.17. The maximum Gasteiger partial charge on any atom is 0.303 e. The lowest BCUT2D eigenvalue weighted by atomic mass is 10.0. The van der Waals surface area contributed by atoms with Gasteiger partial charge in [0.15, 0.2) is 0 Å². The van der Waals surface area contributed by atoms with Gasteiger partial charge in [0, 0.05) is 19.7 Å². The number of nitrogens with one attached hydrogen (secondary N) is 1. The molecule has 6 nitrogen and oxygen atoms in total. The van der Waals surface area contributed by atoms with Crippen LogP contribution in [0.5, 0.6) is 0 Å². The molecule has 1 aromatic heterocycles. The molecule has 0 saturated heterocycles. The molecule has 1 amide bonds. The van der Waals surface area contributed by atoms with Gasteiger partial charge in [-0.2, -0.15) is 5.10 Å². The molecular weight excluding hydrogens is 270 g/mol. The van der Waals surface area contributed by atoms with Crippen LogP contribution >= 0.6 is 0 Å². The molecule has 6 heteroatoms. The number of aliphatic carboxylic acids is 1. The van der Waals surface area contributed by atoms with Gasteiger partial charge < -0.3 is 10.4 Å². The number of hydrogen-bond acceptors (Lipinski definition) is 3. The SMILES string of the molecule is Cn1ccc(C(=O)NC(CCC(=O)O)c2ccccc2)n1. The van der Waals surface area contributed by atoms with Crippen LogP contribution in [0.15, 0.2) is 42.6 Å². The Morgan fingerprint density at radius 1 is 1.29 bits per heavy atom. The van der Waals surface area contributed by atoms with Crippen molar-refractivity contribution in [2.24, 2.45) is 7.05 Å². The van der Waals surface area contributed by atoms with E-state index < -0.39 is 5.97 Å². The number of amides is 1. The van der Waals surface area contributed by atoms with Gasteiger partial charge >= 0.3 is 5.97 Å². The third kappa shape index (κ3) is 4.17. The minimum Gasteiger partial charge on any atom is -0.481 e. The van der Waals surface area contributed by atoms with E-state index in [1.165, 1.54) is 0 Å². The molecule has 1 heterocycles. The smallest absolute Gasteiger partial charge is 0.303 e. The first kappa shape index (κ1) is 14.8. The third-order valence-corrected chi connectivity index (χ3v) is 3.10. The normalized spacial score (nSPS) is 11.9. The van der Waals surface area contributed by atoms with Gasteiger partial charge in [-0.15, -0.1) is 0 Å². The molecule has 0 spiro atoms. The predicted molar refractivity (Wildman–Crippen MR) is 76.7 cm³/mol. The van der Waals surface area contributed by atoms with Gasteiger partial charge in [0.05, 0.1) is 6.04 Å². The number of hydrogen-bond donors (Lipinski definition) is 2. The van der Waals surface area contributed by atoms with Crippen LogP contribution in [-0.4, -0.2) is 26.8 Å². The van der Waals surface area contributed by atoms with Gasteiger partial charge in [-0.05, 0) is 18.1 Å². The number of rotatable bonds is 6. The largest absolute Gasteiger partial charge is 0.481 e. The minimum absolute atomic E-state index is 0.0118. The highest BCUT2D eigenvalue weighted by Gasteiger charge is 2.18. The van der Waals surface area contributed by atoms with Crippen molar-refractivity contribution in [1.82, 2.24) is 15.1 Å². The van der Waals surface area contributed by atoms with Crippen molar-refractivity contribution in [1.29, 1.82) is 0 Å². The van der Waals surface area contributed by atoms with Crippen LogP contribution in [0, 0.1) is 0 Å². The van der Waals surface area contributed by atoms with Crippen LogP contribution in [0.1, 0.15) is 34.9 Å². The molecule has 0 aliphatic rings. The Kier molecular flexibility index (Phi) is 4.71. The molecule has 0 aliphatic heterocycles. The van der Waals surface area contributed by atoms with Crippen molar-refractivity contribution in [3.8, 4) is 0 Å². The average Bonchev–Trinajstić information content (AvgIpc) is 2.90. The highest BCUT2D eigenvalue weighted by molar-refractivity contribution is 5.92. The Labute approximate surface area is 122 Å². The zero-order valence-electron chi connectivity index (χ0n) is 11.7. The molecule has 0 bridgehead atoms. The Morgan fingerprint density at radius 2 is 2.00 bits per heavy atom. The highest BCUT2D eigenvalue weighted by atomic mass is 16.4. The van der Waals surface area contributed by atoms with Crippen molar-refractivity contribution in [2.75, 3.05) is 0 Å². The van der Waals surface area contributed by atoms with Crippen LogP contribution in [0.25, 0.3) is 0 Å². The molecule has 0 aliphatic carbocycles. The highest BCUT2D eigenvalue weighted by Crippen LogP contribution is 2.18. The second-order valence-electron chi connectivity index (χ2n) is 4.74. The van der Waals surface area contributed by atoms with E-state index in [1.54, 1.807) is 24.0 Å². The summed E-state index contributed by atoms with van der Waals surface area (Å²) in [4.78, 5) is 22.9. The minimum atomic E-state index is -0.886. The van der Waals surface area contributed by atoms with E-state index in [-0.39, 0.29) is 18.4 Å². The van der Waals surface area contributed by atoms with Crippen molar-refractivity contribution in [3.63, 3.8) is 0 Å². The molecule has 2 aromatic rings. The summed E-state index contributed by atoms with van der Waals surface area (Å²) in [5, 5.41) is 15.7. The Bertz CT molecular complexity index is 622. The predicted octanol–water partition coefficient (Wildman–Crippen LogP) is 1.76. The molecule has 110 valence electrons. The molecule has 1 unspecified atom stereocenters. The number of aromatic nitrogens is 2. The first-order valence-electron chi connectivity index (χ1n) is 6.63. The zero-order valence-corrected chi connectivity index (χ0v) is 11.7. The van der Waals surface area contributed by atoms with E-state index in [0.717, 1.165) is 5.56 Å². The van der Waals surface area contributed by atoms with Crippen LogP contribution in [0.3, 0.4) is 0 Å². The molecule has 0 fully saturated rings. The topological polar surface area (TPSA) is 84.2 Å². The molecular formula is C15H17N3O3. The van der Waals surface area contributed by atoms with Gasteiger partial charge in [0.25, 0.3) is 5.91 Å². The van der Waals surface area contributed by atoms with Gasteiger partial charge in [0.2, 0.25) is 0 Å². The number of benzene rings is 1. The maximum atomic E-state index is 12.2. The van der Waals surface area contributed by atoms with Crippen LogP contribution in [-0.2, 0) is 11.8 Å². The summed E-state index contributed by atoms with van der Waals surface area (Å²) >= 11 is 0. The third-order valence-electron chi connectivity index (χ3n) is 3.10. The van der Waals surface area contributed by atoms with Crippen LogP contribution in [0.2, 0.25) is 0 Å². The van der Waals surface area contributed by atoms with Crippen molar-refractivity contribution < 1.29 is 14.7 Å². The second kappa shape index (κ2) is 6.69. The second-order valence-corrected chi connectivity index (χ2v) is 4.74. The van der Waals surface area contributed by atoms with Gasteiger partial charge in [0.1, 0.15) is 5.69 Å². The molecule has 21 heavy (non-hydrogen) atoms. The number of carbonyl (C=O) groups excluding carboxylic acids is 1. The van der Waals surface area contributed by atoms with E-state index in [2.05, 4.69) is 10.4 Å². The van der Waals surface area contributed by atoms with Gasteiger partial charge in [-0.3, -0.25) is 14.3 Å². The van der Waals surface area contributed by atoms with Crippen molar-refractivity contribution in [3.05, 3.63) is 53.9 Å². The van der Waals surface area contributed by atoms with E-state index >= 15 is 0 Å². The zero-order chi connectivity index (χ0) is 15.2. The first-order valence-corrected chi connectivity index (χ1v) is 6.63. The molecule has 0 radical (unpaired) electrons. The molecule has 1 atom stereocenters. The number of carboxylic acids is 1. The van der Waals surface area contributed by atoms with E-state index in [4.69, 9.17) is 5.11 Å². The number of nitrogens with zero attached hydrogens (tertiary/aromatic N) is 2. The lowest BCUT2D eigenvalue weighted by molar-refractivity contribution is -0.137. The van der Waals surface area contributed by atoms with E-state index in [0.29, 0.717) is 12.1 Å². The summed E-state index contributed by atoms with van der Waals surface area (Å²) in [7, 11) is 1.73. The van der Waals surface area contributed by atoms with Gasteiger partial charge in [-0.1, -0.05) is 30.3 Å². The first-order chi connectivity index (χ1) is 10.1. The van der Waals surface area contributed by atoms with E-state index in [9.17, 15) is 9.59 Å². The summed E-state index contributed by atoms with van der Waals surface area (Å²) in [5.74, 6) is -1.20. The fraction of sp³-hybridized carbons (Fsp3) is 0.267. The van der Waals surface area contributed by atoms with E-state index in [1.807, 2.05) is 30.3 Å². The molecule has 2 rings (SSSR count). The Hall–Kier alpha value is -2.63. The van der Waals surface area contributed by atoms with Gasteiger partial charge in [-0.25, -0.2) is 0 Å². The summed E-state index contributed by atoms with van der Waals surface area (Å²) in [6, 6.07) is 10.6. The summed E-state index contributed by atoms with van der Waals surface area (Å²) in [5.41, 5.74) is 1.19. The number of aryl methyl sites for hydroxylation is 1. The summed E-state index contributed by atoms with van der Waals surface area (Å²) < 4.78 is 1.55. The number of carbonyl (C=O) groups is 2. The Balaban J connectivity index is 2.12. The fourth-order valence-electron chi connectivity index (χ4n) is 2.04. The number of carboxylic acid groups (broad SMARTS) is 1. The lowest BCUT2D eigenvalue weighted by Crippen LogP contribution is -2.29. The summed E-state index contributed by atoms with van der Waals surface area (Å²) in [6.45, 7) is 0. The quantitative estimate of drug-likeness (QED) is 0.847. The van der Waals surface area contributed by atoms with Crippen LogP contribution in [0.4, 0.5) is 0 Å². The standard InChI is InChI=1S/C15H17N3O3/c1-18-10-9-13(17-18)15(21)16-12(7-8-14(19)20)11-5-3-2-4-6-11/h2-6,9-10,12H,7-8H2,1H3,(H,16,21)(H,19,20). The monoisotopic (exact) mass is 287 g/mol.